The zero-order valence-electron chi connectivity index (χ0n) is 8.38. The minimum Gasteiger partial charge on any atom is -0.316 e. The van der Waals surface area contributed by atoms with Gasteiger partial charge in [0.25, 0.3) is 0 Å². The molecule has 1 nitrogen and oxygen atoms in total. The number of hydrogen-bond acceptors (Lipinski definition) is 3. The Balaban J connectivity index is 1.99. The van der Waals surface area contributed by atoms with Gasteiger partial charge < -0.3 is 5.32 Å². The minimum absolute atomic E-state index is 0.890. The molecule has 0 spiro atoms. The molecule has 80 valence electrons. The lowest BCUT2D eigenvalue weighted by Crippen LogP contribution is -2.19. The molecule has 0 saturated carbocycles. The van der Waals surface area contributed by atoms with Gasteiger partial charge in [0.05, 0.1) is 4.34 Å². The van der Waals surface area contributed by atoms with Gasteiger partial charge in [-0.25, -0.2) is 0 Å². The quantitative estimate of drug-likeness (QED) is 0.745. The molecule has 0 atom stereocenters. The number of halogens is 1. The predicted molar refractivity (Wildman–Crippen MR) is 68.9 cm³/mol. The molecule has 0 aromatic carbocycles. The van der Waals surface area contributed by atoms with Gasteiger partial charge >= 0.3 is 0 Å². The molecule has 1 N–H and O–H groups in total. The average Bonchev–Trinajstić information content (AvgIpc) is 2.58. The molecule has 0 radical (unpaired) electrons. The van der Waals surface area contributed by atoms with Gasteiger partial charge in [0.2, 0.25) is 0 Å². The van der Waals surface area contributed by atoms with E-state index in [-0.39, 0.29) is 0 Å². The Bertz CT molecular complexity index is 250. The summed E-state index contributed by atoms with van der Waals surface area (Å²) >= 11 is 9.49. The van der Waals surface area contributed by atoms with Gasteiger partial charge in [-0.1, -0.05) is 18.5 Å². The second-order valence-electron chi connectivity index (χ2n) is 2.90. The Kier molecular flexibility index (Phi) is 6.69. The Hall–Kier alpha value is 0.300. The number of thiophene rings is 1. The highest BCUT2D eigenvalue weighted by atomic mass is 35.5. The van der Waals surface area contributed by atoms with Gasteiger partial charge in [0, 0.05) is 17.2 Å². The maximum absolute atomic E-state index is 5.84. The van der Waals surface area contributed by atoms with Crippen molar-refractivity contribution in [1.82, 2.24) is 5.32 Å². The molecule has 1 aromatic heterocycles. The highest BCUT2D eigenvalue weighted by Crippen LogP contribution is 2.21. The van der Waals surface area contributed by atoms with Crippen LogP contribution in [0, 0.1) is 0 Å². The van der Waals surface area contributed by atoms with Crippen molar-refractivity contribution in [2.24, 2.45) is 0 Å². The van der Waals surface area contributed by atoms with Crippen molar-refractivity contribution in [1.29, 1.82) is 0 Å². The summed E-state index contributed by atoms with van der Waals surface area (Å²) in [5, 5.41) is 3.42. The van der Waals surface area contributed by atoms with E-state index < -0.39 is 0 Å². The third-order valence-corrected chi connectivity index (χ3v) is 4.00. The number of nitrogens with one attached hydrogen (secondary N) is 1. The van der Waals surface area contributed by atoms with E-state index in [0.29, 0.717) is 0 Å². The van der Waals surface area contributed by atoms with E-state index in [2.05, 4.69) is 18.3 Å². The van der Waals surface area contributed by atoms with E-state index in [1.165, 1.54) is 16.4 Å². The molecule has 0 fully saturated rings. The van der Waals surface area contributed by atoms with Crippen molar-refractivity contribution in [3.63, 3.8) is 0 Å². The molecule has 0 aliphatic carbocycles. The summed E-state index contributed by atoms with van der Waals surface area (Å²) in [6.45, 7) is 4.36. The molecular formula is C10H16ClNS2. The van der Waals surface area contributed by atoms with Crippen LogP contribution in [-0.2, 0) is 6.42 Å². The zero-order valence-corrected chi connectivity index (χ0v) is 10.8. The van der Waals surface area contributed by atoms with Crippen LogP contribution in [-0.4, -0.2) is 24.6 Å². The molecule has 0 aliphatic heterocycles. The van der Waals surface area contributed by atoms with Crippen molar-refractivity contribution >= 4 is 34.7 Å². The van der Waals surface area contributed by atoms with Crippen molar-refractivity contribution in [3.05, 3.63) is 21.3 Å². The number of thioether (sulfide) groups is 1. The van der Waals surface area contributed by atoms with Crippen LogP contribution < -0.4 is 5.32 Å². The van der Waals surface area contributed by atoms with Crippen LogP contribution in [0.25, 0.3) is 0 Å². The van der Waals surface area contributed by atoms with Crippen LogP contribution in [0.1, 0.15) is 11.8 Å². The van der Waals surface area contributed by atoms with Crippen molar-refractivity contribution < 1.29 is 0 Å². The molecule has 0 saturated heterocycles. The lowest BCUT2D eigenvalue weighted by atomic mass is 10.3. The molecule has 4 heteroatoms. The fourth-order valence-corrected chi connectivity index (χ4v) is 2.78. The molecule has 1 rings (SSSR count). The molecule has 0 unspecified atom stereocenters. The third kappa shape index (κ3) is 5.25. The van der Waals surface area contributed by atoms with Gasteiger partial charge in [-0.05, 0) is 30.9 Å². The summed E-state index contributed by atoms with van der Waals surface area (Å²) in [7, 11) is 0. The highest BCUT2D eigenvalue weighted by Gasteiger charge is 1.96. The van der Waals surface area contributed by atoms with Crippen LogP contribution >= 0.6 is 34.7 Å². The van der Waals surface area contributed by atoms with Gasteiger partial charge in [0.1, 0.15) is 0 Å². The largest absolute Gasteiger partial charge is 0.316 e. The second-order valence-corrected chi connectivity index (χ2v) is 6.10. The first-order valence-electron chi connectivity index (χ1n) is 4.85. The lowest BCUT2D eigenvalue weighted by Gasteiger charge is -2.02. The van der Waals surface area contributed by atoms with E-state index >= 15 is 0 Å². The maximum Gasteiger partial charge on any atom is 0.0931 e. The van der Waals surface area contributed by atoms with Crippen molar-refractivity contribution in [2.45, 2.75) is 13.3 Å². The smallest absolute Gasteiger partial charge is 0.0931 e. The Morgan fingerprint density at radius 2 is 2.29 bits per heavy atom. The van der Waals surface area contributed by atoms with E-state index in [1.54, 1.807) is 11.3 Å². The predicted octanol–water partition coefficient (Wildman–Crippen LogP) is 3.29. The van der Waals surface area contributed by atoms with Gasteiger partial charge in [-0.3, -0.25) is 0 Å². The summed E-state index contributed by atoms with van der Waals surface area (Å²) in [5.74, 6) is 2.42. The third-order valence-electron chi connectivity index (χ3n) is 1.80. The second kappa shape index (κ2) is 7.57. The SMILES string of the molecule is CCSCCNCCc1ccc(Cl)s1. The summed E-state index contributed by atoms with van der Waals surface area (Å²) in [6, 6.07) is 4.07. The van der Waals surface area contributed by atoms with E-state index in [4.69, 9.17) is 11.6 Å². The zero-order chi connectivity index (χ0) is 10.2. The first-order valence-corrected chi connectivity index (χ1v) is 7.20. The molecular weight excluding hydrogens is 234 g/mol. The van der Waals surface area contributed by atoms with Crippen LogP contribution in [0.3, 0.4) is 0 Å². The van der Waals surface area contributed by atoms with E-state index in [0.717, 1.165) is 23.8 Å². The van der Waals surface area contributed by atoms with Gasteiger partial charge in [0.15, 0.2) is 0 Å². The molecule has 0 aliphatic rings. The topological polar surface area (TPSA) is 12.0 Å². The molecule has 14 heavy (non-hydrogen) atoms. The first kappa shape index (κ1) is 12.4. The monoisotopic (exact) mass is 249 g/mol. The van der Waals surface area contributed by atoms with E-state index in [9.17, 15) is 0 Å². The fraction of sp³-hybridized carbons (Fsp3) is 0.600. The van der Waals surface area contributed by atoms with Crippen LogP contribution in [0.2, 0.25) is 4.34 Å². The highest BCUT2D eigenvalue weighted by molar-refractivity contribution is 7.99. The summed E-state index contributed by atoms with van der Waals surface area (Å²) < 4.78 is 0.890. The summed E-state index contributed by atoms with van der Waals surface area (Å²) in [5.41, 5.74) is 0. The van der Waals surface area contributed by atoms with Gasteiger partial charge in [-0.15, -0.1) is 11.3 Å². The standard InChI is InChI=1S/C10H16ClNS2/c1-2-13-8-7-12-6-5-9-3-4-10(11)14-9/h3-4,12H,2,5-8H2,1H3. The number of hydrogen-bond donors (Lipinski definition) is 1. The van der Waals surface area contributed by atoms with Crippen molar-refractivity contribution in [3.8, 4) is 0 Å². The molecule has 0 bridgehead atoms. The maximum atomic E-state index is 5.84. The minimum atomic E-state index is 0.890. The summed E-state index contributed by atoms with van der Waals surface area (Å²) in [6.07, 6.45) is 1.09. The fourth-order valence-electron chi connectivity index (χ4n) is 1.11. The molecule has 1 aromatic rings. The van der Waals surface area contributed by atoms with Crippen LogP contribution in [0.4, 0.5) is 0 Å². The lowest BCUT2D eigenvalue weighted by molar-refractivity contribution is 0.726. The Labute approximate surface area is 99.2 Å². The number of rotatable bonds is 7. The molecule has 1 heterocycles. The van der Waals surface area contributed by atoms with Crippen molar-refractivity contribution in [2.75, 3.05) is 24.6 Å². The average molecular weight is 250 g/mol. The first-order chi connectivity index (χ1) is 6.83. The Morgan fingerprint density at radius 3 is 2.93 bits per heavy atom. The van der Waals surface area contributed by atoms with E-state index in [1.807, 2.05) is 17.8 Å². The summed E-state index contributed by atoms with van der Waals surface area (Å²) in [4.78, 5) is 1.37. The Morgan fingerprint density at radius 1 is 1.43 bits per heavy atom. The van der Waals surface area contributed by atoms with Crippen LogP contribution in [0.15, 0.2) is 12.1 Å². The van der Waals surface area contributed by atoms with Gasteiger partial charge in [-0.2, -0.15) is 11.8 Å². The molecule has 0 amide bonds. The normalized spacial score (nSPS) is 10.7. The van der Waals surface area contributed by atoms with Crippen LogP contribution in [0.5, 0.6) is 0 Å².